The van der Waals surface area contributed by atoms with Crippen LogP contribution in [0.1, 0.15) is 29.2 Å². The van der Waals surface area contributed by atoms with Gasteiger partial charge < -0.3 is 5.32 Å². The molecule has 2 unspecified atom stereocenters. The maximum atomic E-state index is 12.9. The summed E-state index contributed by atoms with van der Waals surface area (Å²) in [6.45, 7) is 0.846. The minimum Gasteiger partial charge on any atom is -0.310 e. The molecule has 1 fully saturated rings. The molecule has 0 aromatic heterocycles. The molecule has 0 saturated carbocycles. The molecule has 1 nitrogen and oxygen atoms in total. The minimum atomic E-state index is -4.29. The fourth-order valence-corrected chi connectivity index (χ4v) is 3.19. The van der Waals surface area contributed by atoms with Gasteiger partial charge in [0.1, 0.15) is 0 Å². The Morgan fingerprint density at radius 2 is 1.77 bits per heavy atom. The van der Waals surface area contributed by atoms with E-state index in [2.05, 4.69) is 17.4 Å². The molecule has 0 bridgehead atoms. The fraction of sp³-hybridized carbons (Fsp3) is 0.333. The zero-order valence-electron chi connectivity index (χ0n) is 12.1. The highest BCUT2D eigenvalue weighted by molar-refractivity contribution is 5.29. The Morgan fingerprint density at radius 1 is 1.00 bits per heavy atom. The molecule has 0 aliphatic carbocycles. The van der Waals surface area contributed by atoms with Crippen LogP contribution in [0.3, 0.4) is 0 Å². The molecule has 1 aliphatic rings. The van der Waals surface area contributed by atoms with Crippen molar-refractivity contribution >= 4 is 0 Å². The lowest BCUT2D eigenvalue weighted by atomic mass is 9.88. The van der Waals surface area contributed by atoms with Gasteiger partial charge in [-0.2, -0.15) is 13.2 Å². The predicted octanol–water partition coefficient (Wildman–Crippen LogP) is 4.60. The first-order valence-electron chi connectivity index (χ1n) is 7.48. The summed E-state index contributed by atoms with van der Waals surface area (Å²) in [5.41, 5.74) is 1.39. The third kappa shape index (κ3) is 3.33. The third-order valence-corrected chi connectivity index (χ3v) is 4.26. The molecule has 3 rings (SSSR count). The number of alkyl halides is 3. The van der Waals surface area contributed by atoms with Gasteiger partial charge in [-0.25, -0.2) is 0 Å². The van der Waals surface area contributed by atoms with E-state index >= 15 is 0 Å². The van der Waals surface area contributed by atoms with E-state index in [0.29, 0.717) is 5.92 Å². The number of hydrogen-bond acceptors (Lipinski definition) is 1. The van der Waals surface area contributed by atoms with Gasteiger partial charge >= 0.3 is 6.18 Å². The Hall–Kier alpha value is -1.81. The van der Waals surface area contributed by atoms with Crippen molar-refractivity contribution in [1.82, 2.24) is 5.32 Å². The predicted molar refractivity (Wildman–Crippen MR) is 80.4 cm³/mol. The van der Waals surface area contributed by atoms with E-state index in [0.717, 1.165) is 31.0 Å². The van der Waals surface area contributed by atoms with Gasteiger partial charge in [0, 0.05) is 6.04 Å². The van der Waals surface area contributed by atoms with Gasteiger partial charge in [0.15, 0.2) is 0 Å². The summed E-state index contributed by atoms with van der Waals surface area (Å²) in [6, 6.07) is 15.8. The first kappa shape index (κ1) is 15.1. The van der Waals surface area contributed by atoms with Crippen molar-refractivity contribution < 1.29 is 13.2 Å². The lowest BCUT2D eigenvalue weighted by molar-refractivity contribution is -0.137. The van der Waals surface area contributed by atoms with E-state index in [9.17, 15) is 13.2 Å². The Morgan fingerprint density at radius 3 is 2.50 bits per heavy atom. The van der Waals surface area contributed by atoms with Crippen molar-refractivity contribution in [3.05, 3.63) is 71.3 Å². The summed E-state index contributed by atoms with van der Waals surface area (Å²) in [7, 11) is 0. The lowest BCUT2D eigenvalue weighted by Crippen LogP contribution is -2.20. The Balaban J connectivity index is 1.81. The van der Waals surface area contributed by atoms with Crippen LogP contribution in [0.5, 0.6) is 0 Å². The molecule has 1 N–H and O–H groups in total. The van der Waals surface area contributed by atoms with E-state index in [4.69, 9.17) is 0 Å². The Kier molecular flexibility index (Phi) is 4.21. The van der Waals surface area contributed by atoms with Gasteiger partial charge in [0.25, 0.3) is 0 Å². The van der Waals surface area contributed by atoms with E-state index < -0.39 is 11.7 Å². The molecule has 116 valence electrons. The van der Waals surface area contributed by atoms with Crippen LogP contribution in [0, 0.1) is 5.92 Å². The molecule has 1 saturated heterocycles. The average molecular weight is 305 g/mol. The molecule has 1 heterocycles. The smallest absolute Gasteiger partial charge is 0.310 e. The molecule has 22 heavy (non-hydrogen) atoms. The minimum absolute atomic E-state index is 0.0116. The number of hydrogen-bond donors (Lipinski definition) is 1. The molecule has 0 amide bonds. The van der Waals surface area contributed by atoms with Crippen LogP contribution in [0.2, 0.25) is 0 Å². The second-order valence-corrected chi connectivity index (χ2v) is 5.79. The monoisotopic (exact) mass is 305 g/mol. The van der Waals surface area contributed by atoms with E-state index in [1.807, 2.05) is 18.2 Å². The van der Waals surface area contributed by atoms with Crippen LogP contribution in [0.25, 0.3) is 0 Å². The summed E-state index contributed by atoms with van der Waals surface area (Å²) in [5.74, 6) is 0.325. The van der Waals surface area contributed by atoms with Crippen molar-refractivity contribution in [2.24, 2.45) is 5.92 Å². The van der Waals surface area contributed by atoms with Crippen molar-refractivity contribution in [3.63, 3.8) is 0 Å². The van der Waals surface area contributed by atoms with Crippen molar-refractivity contribution in [2.75, 3.05) is 6.54 Å². The second-order valence-electron chi connectivity index (χ2n) is 5.79. The molecular formula is C18H18F3N. The quantitative estimate of drug-likeness (QED) is 0.874. The first-order valence-corrected chi connectivity index (χ1v) is 7.48. The maximum Gasteiger partial charge on any atom is 0.416 e. The number of rotatable bonds is 3. The topological polar surface area (TPSA) is 12.0 Å². The van der Waals surface area contributed by atoms with E-state index in [-0.39, 0.29) is 6.04 Å². The van der Waals surface area contributed by atoms with Crippen LogP contribution in [0.4, 0.5) is 13.2 Å². The molecule has 0 radical (unpaired) electrons. The highest BCUT2D eigenvalue weighted by Crippen LogP contribution is 2.35. The summed E-state index contributed by atoms with van der Waals surface area (Å²) < 4.78 is 38.6. The molecule has 2 atom stereocenters. The second kappa shape index (κ2) is 6.13. The molecular weight excluding hydrogens is 287 g/mol. The largest absolute Gasteiger partial charge is 0.416 e. The molecule has 0 spiro atoms. The van der Waals surface area contributed by atoms with Gasteiger partial charge in [-0.05, 0) is 48.6 Å². The zero-order valence-corrected chi connectivity index (χ0v) is 12.1. The first-order chi connectivity index (χ1) is 10.5. The standard InChI is InChI=1S/C18H18F3N/c19-18(20,21)16-8-4-7-14(12-16)17-15(9-10-22-17)11-13-5-2-1-3-6-13/h1-8,12,15,17,22H,9-11H2. The van der Waals surface area contributed by atoms with Gasteiger partial charge in [0.05, 0.1) is 5.56 Å². The number of halogens is 3. The molecule has 4 heteroatoms. The fourth-order valence-electron chi connectivity index (χ4n) is 3.19. The number of benzene rings is 2. The van der Waals surface area contributed by atoms with Gasteiger partial charge in [-0.3, -0.25) is 0 Å². The maximum absolute atomic E-state index is 12.9. The SMILES string of the molecule is FC(F)(F)c1cccc(C2NCCC2Cc2ccccc2)c1. The van der Waals surface area contributed by atoms with Crippen LogP contribution in [-0.4, -0.2) is 6.54 Å². The highest BCUT2D eigenvalue weighted by Gasteiger charge is 2.33. The van der Waals surface area contributed by atoms with Gasteiger partial charge in [-0.15, -0.1) is 0 Å². The molecule has 2 aromatic carbocycles. The molecule has 1 aliphatic heterocycles. The van der Waals surface area contributed by atoms with Crippen LogP contribution < -0.4 is 5.32 Å². The van der Waals surface area contributed by atoms with Gasteiger partial charge in [-0.1, -0.05) is 42.5 Å². The summed E-state index contributed by atoms with van der Waals surface area (Å²) >= 11 is 0. The van der Waals surface area contributed by atoms with Crippen molar-refractivity contribution in [3.8, 4) is 0 Å². The van der Waals surface area contributed by atoms with Crippen molar-refractivity contribution in [1.29, 1.82) is 0 Å². The lowest BCUT2D eigenvalue weighted by Gasteiger charge is -2.21. The Bertz CT molecular complexity index is 622. The van der Waals surface area contributed by atoms with Crippen molar-refractivity contribution in [2.45, 2.75) is 25.1 Å². The summed E-state index contributed by atoms with van der Waals surface area (Å²) in [4.78, 5) is 0. The van der Waals surface area contributed by atoms with Gasteiger partial charge in [0.2, 0.25) is 0 Å². The molecule has 2 aromatic rings. The summed E-state index contributed by atoms with van der Waals surface area (Å²) in [6.07, 6.45) is -2.42. The highest BCUT2D eigenvalue weighted by atomic mass is 19.4. The van der Waals surface area contributed by atoms with Crippen LogP contribution >= 0.6 is 0 Å². The third-order valence-electron chi connectivity index (χ3n) is 4.26. The van der Waals surface area contributed by atoms with E-state index in [1.165, 1.54) is 17.7 Å². The number of nitrogens with one attached hydrogen (secondary N) is 1. The average Bonchev–Trinajstić information content (AvgIpc) is 2.96. The Labute approximate surface area is 128 Å². The van der Waals surface area contributed by atoms with Crippen LogP contribution in [0.15, 0.2) is 54.6 Å². The zero-order chi connectivity index (χ0) is 15.6. The van der Waals surface area contributed by atoms with E-state index in [1.54, 1.807) is 6.07 Å². The summed E-state index contributed by atoms with van der Waals surface area (Å²) in [5, 5.41) is 3.35. The van der Waals surface area contributed by atoms with Crippen LogP contribution in [-0.2, 0) is 12.6 Å². The normalized spacial score (nSPS) is 22.0.